The molecule has 0 fully saturated rings. The van der Waals surface area contributed by atoms with Gasteiger partial charge in [-0.3, -0.25) is 0 Å². The predicted octanol–water partition coefficient (Wildman–Crippen LogP) is 2.73. The molecule has 3 rings (SSSR count). The molecule has 2 N–H and O–H groups in total. The lowest BCUT2D eigenvalue weighted by molar-refractivity contribution is 0.455. The summed E-state index contributed by atoms with van der Waals surface area (Å²) in [5.74, 6) is -0.235. The highest BCUT2D eigenvalue weighted by Crippen LogP contribution is 2.31. The van der Waals surface area contributed by atoms with Crippen molar-refractivity contribution in [2.75, 3.05) is 0 Å². The van der Waals surface area contributed by atoms with Gasteiger partial charge in [0.25, 0.3) is 0 Å². The SMILES string of the molecule is NC1CCc2c(-c3ccccc3F)nc(Br)n2C1. The number of halogens is 2. The maximum atomic E-state index is 13.8. The number of fused-ring (bicyclic) bond motifs is 1. The Morgan fingerprint density at radius 2 is 2.17 bits per heavy atom. The third-order valence-corrected chi connectivity index (χ3v) is 3.93. The fourth-order valence-electron chi connectivity index (χ4n) is 2.41. The molecular formula is C13H13BrFN3. The first-order valence-corrected chi connectivity index (χ1v) is 6.71. The summed E-state index contributed by atoms with van der Waals surface area (Å²) in [4.78, 5) is 4.44. The molecule has 94 valence electrons. The molecule has 0 saturated carbocycles. The number of hydrogen-bond donors (Lipinski definition) is 1. The van der Waals surface area contributed by atoms with Crippen LogP contribution in [0.3, 0.4) is 0 Å². The van der Waals surface area contributed by atoms with Crippen molar-refractivity contribution in [1.29, 1.82) is 0 Å². The lowest BCUT2D eigenvalue weighted by atomic mass is 10.0. The molecule has 1 aromatic heterocycles. The molecule has 18 heavy (non-hydrogen) atoms. The Bertz CT molecular complexity index is 594. The average molecular weight is 310 g/mol. The first kappa shape index (κ1) is 11.9. The molecule has 0 spiro atoms. The number of aromatic nitrogens is 2. The van der Waals surface area contributed by atoms with E-state index in [9.17, 15) is 4.39 Å². The standard InChI is InChI=1S/C13H13BrFN3/c14-13-17-12(9-3-1-2-4-10(9)15)11-6-5-8(16)7-18(11)13/h1-4,8H,5-7,16H2. The average Bonchev–Trinajstić information content (AvgIpc) is 2.67. The van der Waals surface area contributed by atoms with Crippen LogP contribution in [-0.2, 0) is 13.0 Å². The summed E-state index contributed by atoms with van der Waals surface area (Å²) in [6.45, 7) is 0.734. The van der Waals surface area contributed by atoms with Crippen molar-refractivity contribution >= 4 is 15.9 Å². The number of benzene rings is 1. The van der Waals surface area contributed by atoms with Gasteiger partial charge in [-0.1, -0.05) is 12.1 Å². The fourth-order valence-corrected chi connectivity index (χ4v) is 2.95. The van der Waals surface area contributed by atoms with Crippen molar-refractivity contribution in [3.63, 3.8) is 0 Å². The van der Waals surface area contributed by atoms with Gasteiger partial charge in [0.15, 0.2) is 4.73 Å². The van der Waals surface area contributed by atoms with Crippen LogP contribution >= 0.6 is 15.9 Å². The zero-order chi connectivity index (χ0) is 12.7. The molecule has 0 radical (unpaired) electrons. The zero-order valence-corrected chi connectivity index (χ0v) is 11.3. The summed E-state index contributed by atoms with van der Waals surface area (Å²) >= 11 is 3.43. The topological polar surface area (TPSA) is 43.8 Å². The molecule has 2 heterocycles. The first-order valence-electron chi connectivity index (χ1n) is 5.92. The van der Waals surface area contributed by atoms with E-state index in [0.29, 0.717) is 5.56 Å². The Labute approximate surface area is 113 Å². The van der Waals surface area contributed by atoms with Crippen LogP contribution in [0.2, 0.25) is 0 Å². The van der Waals surface area contributed by atoms with Gasteiger partial charge in [0, 0.05) is 23.8 Å². The van der Waals surface area contributed by atoms with Gasteiger partial charge in [0.2, 0.25) is 0 Å². The van der Waals surface area contributed by atoms with Crippen molar-refractivity contribution in [1.82, 2.24) is 9.55 Å². The van der Waals surface area contributed by atoms with Crippen LogP contribution in [0.15, 0.2) is 29.0 Å². The molecule has 0 bridgehead atoms. The highest BCUT2D eigenvalue weighted by Gasteiger charge is 2.24. The number of imidazole rings is 1. The number of nitrogens with two attached hydrogens (primary N) is 1. The second-order valence-electron chi connectivity index (χ2n) is 4.57. The lowest BCUT2D eigenvalue weighted by Gasteiger charge is -2.22. The molecule has 1 atom stereocenters. The van der Waals surface area contributed by atoms with Crippen LogP contribution in [0.5, 0.6) is 0 Å². The molecule has 0 aliphatic carbocycles. The van der Waals surface area contributed by atoms with Crippen molar-refractivity contribution in [2.24, 2.45) is 5.73 Å². The van der Waals surface area contributed by atoms with Gasteiger partial charge < -0.3 is 10.3 Å². The van der Waals surface area contributed by atoms with Gasteiger partial charge in [-0.2, -0.15) is 0 Å². The van der Waals surface area contributed by atoms with Gasteiger partial charge in [0.05, 0.1) is 5.69 Å². The minimum absolute atomic E-state index is 0.150. The molecule has 1 aliphatic rings. The van der Waals surface area contributed by atoms with Gasteiger partial charge in [-0.15, -0.1) is 0 Å². The molecule has 5 heteroatoms. The lowest BCUT2D eigenvalue weighted by Crippen LogP contribution is -2.31. The maximum Gasteiger partial charge on any atom is 0.177 e. The Balaban J connectivity index is 2.15. The largest absolute Gasteiger partial charge is 0.326 e. The summed E-state index contributed by atoms with van der Waals surface area (Å²) in [5.41, 5.74) is 8.30. The third kappa shape index (κ3) is 1.87. The third-order valence-electron chi connectivity index (χ3n) is 3.32. The minimum Gasteiger partial charge on any atom is -0.326 e. The van der Waals surface area contributed by atoms with Crippen molar-refractivity contribution < 1.29 is 4.39 Å². The number of hydrogen-bond acceptors (Lipinski definition) is 2. The van der Waals surface area contributed by atoms with E-state index in [-0.39, 0.29) is 11.9 Å². The van der Waals surface area contributed by atoms with Gasteiger partial charge in [0.1, 0.15) is 5.82 Å². The second kappa shape index (κ2) is 4.48. The predicted molar refractivity (Wildman–Crippen MR) is 71.6 cm³/mol. The van der Waals surface area contributed by atoms with Crippen LogP contribution in [0, 0.1) is 5.82 Å². The van der Waals surface area contributed by atoms with Gasteiger partial charge >= 0.3 is 0 Å². The van der Waals surface area contributed by atoms with E-state index < -0.39 is 0 Å². The van der Waals surface area contributed by atoms with Gasteiger partial charge in [-0.05, 0) is 40.9 Å². The van der Waals surface area contributed by atoms with Crippen LogP contribution < -0.4 is 5.73 Å². The summed E-state index contributed by atoms with van der Waals surface area (Å²) in [5, 5.41) is 0. The van der Waals surface area contributed by atoms with Gasteiger partial charge in [-0.25, -0.2) is 9.37 Å². The van der Waals surface area contributed by atoms with E-state index in [1.165, 1.54) is 6.07 Å². The molecule has 0 saturated heterocycles. The van der Waals surface area contributed by atoms with Crippen LogP contribution in [0.1, 0.15) is 12.1 Å². The zero-order valence-electron chi connectivity index (χ0n) is 9.74. The minimum atomic E-state index is -0.235. The normalized spacial score (nSPS) is 18.7. The Hall–Kier alpha value is -1.20. The Kier molecular flexibility index (Phi) is 2.95. The van der Waals surface area contributed by atoms with E-state index in [2.05, 4.69) is 20.9 Å². The summed E-state index contributed by atoms with van der Waals surface area (Å²) in [6, 6.07) is 6.89. The summed E-state index contributed by atoms with van der Waals surface area (Å²) in [7, 11) is 0. The molecular weight excluding hydrogens is 297 g/mol. The van der Waals surface area contributed by atoms with E-state index in [4.69, 9.17) is 5.73 Å². The van der Waals surface area contributed by atoms with Crippen molar-refractivity contribution in [3.8, 4) is 11.3 Å². The van der Waals surface area contributed by atoms with Crippen LogP contribution in [0.25, 0.3) is 11.3 Å². The second-order valence-corrected chi connectivity index (χ2v) is 5.27. The molecule has 2 aromatic rings. The Morgan fingerprint density at radius 1 is 1.39 bits per heavy atom. The molecule has 0 amide bonds. The maximum absolute atomic E-state index is 13.8. The smallest absolute Gasteiger partial charge is 0.177 e. The summed E-state index contributed by atoms with van der Waals surface area (Å²) in [6.07, 6.45) is 1.75. The van der Waals surface area contributed by atoms with E-state index in [0.717, 1.165) is 35.5 Å². The molecule has 1 unspecified atom stereocenters. The highest BCUT2D eigenvalue weighted by atomic mass is 79.9. The van der Waals surface area contributed by atoms with Crippen LogP contribution in [0.4, 0.5) is 4.39 Å². The molecule has 1 aromatic carbocycles. The quantitative estimate of drug-likeness (QED) is 0.880. The van der Waals surface area contributed by atoms with Crippen LogP contribution in [-0.4, -0.2) is 15.6 Å². The highest BCUT2D eigenvalue weighted by molar-refractivity contribution is 9.10. The molecule has 1 aliphatic heterocycles. The number of nitrogens with zero attached hydrogens (tertiary/aromatic N) is 2. The Morgan fingerprint density at radius 3 is 2.94 bits per heavy atom. The van der Waals surface area contributed by atoms with E-state index >= 15 is 0 Å². The van der Waals surface area contributed by atoms with E-state index in [1.807, 2.05) is 10.6 Å². The van der Waals surface area contributed by atoms with Crippen molar-refractivity contribution in [2.45, 2.75) is 25.4 Å². The fraction of sp³-hybridized carbons (Fsp3) is 0.308. The monoisotopic (exact) mass is 309 g/mol. The van der Waals surface area contributed by atoms with E-state index in [1.54, 1.807) is 12.1 Å². The first-order chi connectivity index (χ1) is 8.66. The number of rotatable bonds is 1. The summed E-state index contributed by atoms with van der Waals surface area (Å²) < 4.78 is 16.6. The molecule has 3 nitrogen and oxygen atoms in total. The van der Waals surface area contributed by atoms with Crippen molar-refractivity contribution in [3.05, 3.63) is 40.5 Å².